The molecule has 0 amide bonds. The molecule has 1 atom stereocenters. The molecule has 54 valence electrons. The molecular weight excluding hydrogens is 286 g/mol. The van der Waals surface area contributed by atoms with E-state index in [0.29, 0.717) is 6.42 Å². The number of hydrogen-bond acceptors (Lipinski definition) is 1. The fourth-order valence-corrected chi connectivity index (χ4v) is 0.439. The van der Waals surface area contributed by atoms with Crippen LogP contribution in [-0.4, -0.2) is 18.9 Å². The second-order valence-electron chi connectivity index (χ2n) is 1.75. The maximum Gasteiger partial charge on any atom is 0.115 e. The molecule has 0 saturated heterocycles. The van der Waals surface area contributed by atoms with Crippen LogP contribution in [0.1, 0.15) is 20.3 Å². The topological polar surface area (TPSA) is 31.2 Å². The number of carbonyl (C=O) groups is 1. The molecule has 0 aromatic rings. The van der Waals surface area contributed by atoms with E-state index in [-0.39, 0.29) is 32.9 Å². The van der Waals surface area contributed by atoms with E-state index < -0.39 is 0 Å². The van der Waals surface area contributed by atoms with Crippen LogP contribution in [0.4, 0.5) is 0 Å². The maximum atomic E-state index is 10.6. The van der Waals surface area contributed by atoms with Gasteiger partial charge in [0.2, 0.25) is 0 Å². The Kier molecular flexibility index (Phi) is 8.61. The fraction of sp³-hybridized carbons (Fsp3) is 0.833. The van der Waals surface area contributed by atoms with Crippen LogP contribution in [0.15, 0.2) is 0 Å². The summed E-state index contributed by atoms with van der Waals surface area (Å²) >= 11 is 0. The summed E-state index contributed by atoms with van der Waals surface area (Å²) in [6.07, 6.45) is 0.596. The number of hydrogen-bond donors (Lipinski definition) is 0. The summed E-state index contributed by atoms with van der Waals surface area (Å²) in [7, 11) is 1.66. The summed E-state index contributed by atoms with van der Waals surface area (Å²) in [5, 5.41) is 3.81. The molecular formula is C6H12NOW-. The minimum absolute atomic E-state index is 0. The van der Waals surface area contributed by atoms with Gasteiger partial charge >= 0.3 is 0 Å². The van der Waals surface area contributed by atoms with Gasteiger partial charge in [0.05, 0.1) is 0 Å². The molecule has 0 radical (unpaired) electrons. The van der Waals surface area contributed by atoms with Crippen molar-refractivity contribution in [2.45, 2.75) is 26.3 Å². The largest absolute Gasteiger partial charge is 0.656 e. The van der Waals surface area contributed by atoms with Crippen LogP contribution in [0.25, 0.3) is 5.32 Å². The molecule has 0 spiro atoms. The fourth-order valence-electron chi connectivity index (χ4n) is 0.439. The van der Waals surface area contributed by atoms with Crippen molar-refractivity contribution in [2.24, 2.45) is 0 Å². The molecule has 0 heterocycles. The van der Waals surface area contributed by atoms with Crippen LogP contribution in [0.5, 0.6) is 0 Å². The molecule has 0 aromatic carbocycles. The molecule has 0 rings (SSSR count). The zero-order chi connectivity index (χ0) is 6.57. The monoisotopic (exact) mass is 298 g/mol. The van der Waals surface area contributed by atoms with Gasteiger partial charge in [0.15, 0.2) is 0 Å². The first-order chi connectivity index (χ1) is 3.72. The Balaban J connectivity index is 0. The second kappa shape index (κ2) is 6.44. The number of ketones is 1. The SMILES string of the molecule is CCC(=O)C(C)[N-]C.[W]. The Morgan fingerprint density at radius 3 is 2.22 bits per heavy atom. The number of rotatable bonds is 3. The van der Waals surface area contributed by atoms with Gasteiger partial charge in [-0.1, -0.05) is 19.9 Å². The molecule has 0 fully saturated rings. The Morgan fingerprint density at radius 2 is 2.11 bits per heavy atom. The molecule has 0 aliphatic heterocycles. The average Bonchev–Trinajstić information content (AvgIpc) is 1.84. The summed E-state index contributed by atoms with van der Waals surface area (Å²) in [6.45, 7) is 3.66. The number of likely N-dealkylation sites (N-methyl/N-ethyl adjacent to an activating group) is 1. The minimum atomic E-state index is -0.0972. The smallest absolute Gasteiger partial charge is 0.115 e. The molecule has 1 unspecified atom stereocenters. The minimum Gasteiger partial charge on any atom is -0.656 e. The van der Waals surface area contributed by atoms with E-state index in [0.717, 1.165) is 0 Å². The van der Waals surface area contributed by atoms with E-state index in [9.17, 15) is 4.79 Å². The van der Waals surface area contributed by atoms with Crippen LogP contribution in [-0.2, 0) is 25.9 Å². The predicted octanol–water partition coefficient (Wildman–Crippen LogP) is 1.35. The van der Waals surface area contributed by atoms with Crippen molar-refractivity contribution in [2.75, 3.05) is 7.05 Å². The van der Waals surface area contributed by atoms with E-state index in [1.54, 1.807) is 7.05 Å². The standard InChI is InChI=1S/C6H12NO.W/c1-4-6(8)5(2)7-3;/h5H,4H2,1-3H3;/q-1;. The Bertz CT molecular complexity index is 85.1. The summed E-state index contributed by atoms with van der Waals surface area (Å²) < 4.78 is 0. The molecule has 0 saturated carbocycles. The van der Waals surface area contributed by atoms with Gasteiger partial charge < -0.3 is 10.1 Å². The van der Waals surface area contributed by atoms with Gasteiger partial charge in [-0.2, -0.15) is 7.05 Å². The van der Waals surface area contributed by atoms with Gasteiger partial charge in [0, 0.05) is 27.5 Å². The van der Waals surface area contributed by atoms with Crippen LogP contribution in [0.2, 0.25) is 0 Å². The van der Waals surface area contributed by atoms with Gasteiger partial charge in [-0.05, 0) is 0 Å². The van der Waals surface area contributed by atoms with Crippen molar-refractivity contribution in [3.8, 4) is 0 Å². The molecule has 9 heavy (non-hydrogen) atoms. The summed E-state index contributed by atoms with van der Waals surface area (Å²) in [5.41, 5.74) is 0. The van der Waals surface area contributed by atoms with Crippen LogP contribution in [0, 0.1) is 0 Å². The van der Waals surface area contributed by atoms with Gasteiger partial charge in [-0.3, -0.25) is 0 Å². The normalized spacial score (nSPS) is 11.9. The Labute approximate surface area is 70.7 Å². The first kappa shape index (κ1) is 12.0. The van der Waals surface area contributed by atoms with Crippen LogP contribution < -0.4 is 0 Å². The molecule has 3 heteroatoms. The van der Waals surface area contributed by atoms with E-state index in [2.05, 4.69) is 5.32 Å². The maximum absolute atomic E-state index is 10.6. The summed E-state index contributed by atoms with van der Waals surface area (Å²) in [5.74, 6) is 0.215. The van der Waals surface area contributed by atoms with Crippen LogP contribution >= 0.6 is 0 Å². The van der Waals surface area contributed by atoms with E-state index >= 15 is 0 Å². The van der Waals surface area contributed by atoms with Crippen molar-refractivity contribution < 1.29 is 25.9 Å². The molecule has 0 bridgehead atoms. The van der Waals surface area contributed by atoms with Gasteiger partial charge in [0.1, 0.15) is 5.78 Å². The van der Waals surface area contributed by atoms with Gasteiger partial charge in [0.25, 0.3) is 0 Å². The third-order valence-corrected chi connectivity index (χ3v) is 1.20. The van der Waals surface area contributed by atoms with Crippen LogP contribution in [0.3, 0.4) is 0 Å². The predicted molar refractivity (Wildman–Crippen MR) is 34.0 cm³/mol. The molecule has 0 aliphatic carbocycles. The summed E-state index contributed by atoms with van der Waals surface area (Å²) in [6, 6.07) is -0.0972. The zero-order valence-electron chi connectivity index (χ0n) is 6.05. The van der Waals surface area contributed by atoms with Crippen molar-refractivity contribution in [1.82, 2.24) is 0 Å². The number of nitrogens with zero attached hydrogens (tertiary/aromatic N) is 1. The number of Topliss-reactive ketones (excluding diaryl/α,β-unsaturated/α-hetero) is 1. The average molecular weight is 298 g/mol. The molecule has 2 nitrogen and oxygen atoms in total. The van der Waals surface area contributed by atoms with E-state index in [1.165, 1.54) is 0 Å². The number of carbonyl (C=O) groups excluding carboxylic acids is 1. The quantitative estimate of drug-likeness (QED) is 0.774. The van der Waals surface area contributed by atoms with Crippen molar-refractivity contribution in [3.63, 3.8) is 0 Å². The summed E-state index contributed by atoms with van der Waals surface area (Å²) in [4.78, 5) is 10.6. The first-order valence-corrected chi connectivity index (χ1v) is 2.84. The third kappa shape index (κ3) is 4.80. The van der Waals surface area contributed by atoms with Gasteiger partial charge in [-0.15, -0.1) is 0 Å². The van der Waals surface area contributed by atoms with Crippen molar-refractivity contribution >= 4 is 5.78 Å². The molecule has 0 aliphatic rings. The second-order valence-corrected chi connectivity index (χ2v) is 1.75. The first-order valence-electron chi connectivity index (χ1n) is 2.84. The molecule has 0 N–H and O–H groups in total. The zero-order valence-corrected chi connectivity index (χ0v) is 8.98. The van der Waals surface area contributed by atoms with Gasteiger partial charge in [-0.25, -0.2) is 0 Å². The van der Waals surface area contributed by atoms with E-state index in [1.807, 2.05) is 13.8 Å². The Morgan fingerprint density at radius 1 is 1.67 bits per heavy atom. The van der Waals surface area contributed by atoms with Crippen molar-refractivity contribution in [3.05, 3.63) is 5.32 Å². The van der Waals surface area contributed by atoms with E-state index in [4.69, 9.17) is 0 Å². The molecule has 0 aromatic heterocycles. The Hall–Kier alpha value is 0.318. The third-order valence-electron chi connectivity index (χ3n) is 1.20. The van der Waals surface area contributed by atoms with Crippen molar-refractivity contribution in [1.29, 1.82) is 0 Å².